The van der Waals surface area contributed by atoms with Crippen molar-refractivity contribution in [2.45, 2.75) is 20.0 Å². The average Bonchev–Trinajstić information content (AvgIpc) is 3.04. The lowest BCUT2D eigenvalue weighted by molar-refractivity contribution is -0.0277. The molecule has 0 saturated carbocycles. The highest BCUT2D eigenvalue weighted by Crippen LogP contribution is 2.24. The molecule has 0 aliphatic carbocycles. The third-order valence-corrected chi connectivity index (χ3v) is 4.61. The first kappa shape index (κ1) is 14.3. The largest absolute Gasteiger partial charge is 0.367 e. The highest BCUT2D eigenvalue weighted by molar-refractivity contribution is 7.13. The molecule has 0 bridgehead atoms. The van der Waals surface area contributed by atoms with Crippen molar-refractivity contribution in [2.75, 3.05) is 19.7 Å². The Bertz CT molecular complexity index is 662. The summed E-state index contributed by atoms with van der Waals surface area (Å²) in [5.74, 6) is 0.972. The van der Waals surface area contributed by atoms with Crippen LogP contribution in [0.3, 0.4) is 0 Å². The second-order valence-electron chi connectivity index (χ2n) is 5.37. The average molecular weight is 305 g/mol. The minimum atomic E-state index is -0.151. The van der Waals surface area contributed by atoms with Crippen LogP contribution >= 0.6 is 11.3 Å². The topological polar surface area (TPSA) is 47.4 Å². The standard InChI is InChI=1S/C15H19N3O2S/c1-10-8-17(3)14(16-10)12-9-18(6-7-20-12)15(19)13-5-4-11(2)21-13/h4-5,8,12H,6-7,9H2,1-3H3/t12-/m1/s1. The van der Waals surface area contributed by atoms with E-state index in [-0.39, 0.29) is 12.0 Å². The summed E-state index contributed by atoms with van der Waals surface area (Å²) in [6.45, 7) is 5.71. The van der Waals surface area contributed by atoms with Crippen LogP contribution in [0.5, 0.6) is 0 Å². The van der Waals surface area contributed by atoms with Crippen LogP contribution in [0.15, 0.2) is 18.3 Å². The summed E-state index contributed by atoms with van der Waals surface area (Å²) in [6.07, 6.45) is 1.82. The van der Waals surface area contributed by atoms with Crippen molar-refractivity contribution in [3.63, 3.8) is 0 Å². The molecule has 112 valence electrons. The maximum atomic E-state index is 12.5. The summed E-state index contributed by atoms with van der Waals surface area (Å²) in [5, 5.41) is 0. The van der Waals surface area contributed by atoms with E-state index < -0.39 is 0 Å². The fourth-order valence-corrected chi connectivity index (χ4v) is 3.46. The molecule has 21 heavy (non-hydrogen) atoms. The molecule has 1 atom stereocenters. The van der Waals surface area contributed by atoms with Gasteiger partial charge in [0.15, 0.2) is 0 Å². The third-order valence-electron chi connectivity index (χ3n) is 3.63. The second-order valence-corrected chi connectivity index (χ2v) is 6.66. The van der Waals surface area contributed by atoms with Crippen LogP contribution in [0, 0.1) is 13.8 Å². The number of hydrogen-bond donors (Lipinski definition) is 0. The number of imidazole rings is 1. The van der Waals surface area contributed by atoms with Crippen molar-refractivity contribution in [1.29, 1.82) is 0 Å². The first-order chi connectivity index (χ1) is 10.0. The number of ether oxygens (including phenoxy) is 1. The smallest absolute Gasteiger partial charge is 0.264 e. The molecule has 0 unspecified atom stereocenters. The number of hydrogen-bond acceptors (Lipinski definition) is 4. The van der Waals surface area contributed by atoms with E-state index in [1.54, 1.807) is 11.3 Å². The monoisotopic (exact) mass is 305 g/mol. The summed E-state index contributed by atoms with van der Waals surface area (Å²) in [4.78, 5) is 20.9. The fourth-order valence-electron chi connectivity index (χ4n) is 2.63. The zero-order chi connectivity index (χ0) is 15.0. The maximum Gasteiger partial charge on any atom is 0.264 e. The molecule has 1 amide bonds. The highest BCUT2D eigenvalue weighted by atomic mass is 32.1. The Morgan fingerprint density at radius 3 is 2.86 bits per heavy atom. The van der Waals surface area contributed by atoms with E-state index >= 15 is 0 Å². The summed E-state index contributed by atoms with van der Waals surface area (Å²) >= 11 is 1.54. The summed E-state index contributed by atoms with van der Waals surface area (Å²) < 4.78 is 7.78. The molecule has 1 saturated heterocycles. The molecule has 3 heterocycles. The Hall–Kier alpha value is -1.66. The number of thiophene rings is 1. The normalized spacial score (nSPS) is 19.0. The van der Waals surface area contributed by atoms with Gasteiger partial charge in [-0.1, -0.05) is 0 Å². The fraction of sp³-hybridized carbons (Fsp3) is 0.467. The Balaban J connectivity index is 1.77. The lowest BCUT2D eigenvalue weighted by atomic mass is 10.2. The van der Waals surface area contributed by atoms with Gasteiger partial charge >= 0.3 is 0 Å². The van der Waals surface area contributed by atoms with Gasteiger partial charge in [-0.05, 0) is 26.0 Å². The molecule has 3 rings (SSSR count). The molecule has 0 radical (unpaired) electrons. The maximum absolute atomic E-state index is 12.5. The molecular weight excluding hydrogens is 286 g/mol. The van der Waals surface area contributed by atoms with Gasteiger partial charge in [-0.2, -0.15) is 0 Å². The van der Waals surface area contributed by atoms with Gasteiger partial charge in [0, 0.05) is 24.7 Å². The molecule has 1 aliphatic heterocycles. The Morgan fingerprint density at radius 2 is 2.24 bits per heavy atom. The minimum absolute atomic E-state index is 0.0901. The van der Waals surface area contributed by atoms with Crippen molar-refractivity contribution in [3.8, 4) is 0 Å². The quantitative estimate of drug-likeness (QED) is 0.855. The number of amides is 1. The third kappa shape index (κ3) is 2.87. The van der Waals surface area contributed by atoms with Gasteiger partial charge in [0.05, 0.1) is 23.7 Å². The molecule has 5 nitrogen and oxygen atoms in total. The lowest BCUT2D eigenvalue weighted by Gasteiger charge is -2.32. The SMILES string of the molecule is Cc1cn(C)c([C@H]2CN(C(=O)c3ccc(C)s3)CCO2)n1. The van der Waals surface area contributed by atoms with Crippen LogP contribution in [0.2, 0.25) is 0 Å². The summed E-state index contributed by atoms with van der Waals surface area (Å²) in [6, 6.07) is 3.88. The number of aromatic nitrogens is 2. The van der Waals surface area contributed by atoms with E-state index in [0.29, 0.717) is 19.7 Å². The van der Waals surface area contributed by atoms with Crippen LogP contribution in [0.1, 0.15) is 32.2 Å². The van der Waals surface area contributed by atoms with Gasteiger partial charge in [-0.25, -0.2) is 4.98 Å². The number of nitrogens with zero attached hydrogens (tertiary/aromatic N) is 3. The van der Waals surface area contributed by atoms with Crippen LogP contribution in [0.25, 0.3) is 0 Å². The summed E-state index contributed by atoms with van der Waals surface area (Å²) in [5.41, 5.74) is 0.966. The predicted octanol–water partition coefficient (Wildman–Crippen LogP) is 2.31. The first-order valence-corrected chi connectivity index (χ1v) is 7.83. The van der Waals surface area contributed by atoms with E-state index in [1.807, 2.05) is 48.7 Å². The van der Waals surface area contributed by atoms with Crippen molar-refractivity contribution < 1.29 is 9.53 Å². The number of carbonyl (C=O) groups is 1. The molecular formula is C15H19N3O2S. The van der Waals surface area contributed by atoms with E-state index in [1.165, 1.54) is 0 Å². The van der Waals surface area contributed by atoms with Crippen LogP contribution in [-0.2, 0) is 11.8 Å². The van der Waals surface area contributed by atoms with E-state index in [4.69, 9.17) is 4.74 Å². The van der Waals surface area contributed by atoms with Crippen LogP contribution in [0.4, 0.5) is 0 Å². The van der Waals surface area contributed by atoms with Crippen molar-refractivity contribution in [1.82, 2.24) is 14.5 Å². The first-order valence-electron chi connectivity index (χ1n) is 7.02. The number of carbonyl (C=O) groups excluding carboxylic acids is 1. The molecule has 0 spiro atoms. The Morgan fingerprint density at radius 1 is 1.43 bits per heavy atom. The van der Waals surface area contributed by atoms with Gasteiger partial charge in [0.25, 0.3) is 5.91 Å². The number of aryl methyl sites for hydroxylation is 3. The van der Waals surface area contributed by atoms with Crippen molar-refractivity contribution >= 4 is 17.2 Å². The zero-order valence-electron chi connectivity index (χ0n) is 12.5. The minimum Gasteiger partial charge on any atom is -0.367 e. The predicted molar refractivity (Wildman–Crippen MR) is 81.6 cm³/mol. The number of morpholine rings is 1. The second kappa shape index (κ2) is 5.61. The van der Waals surface area contributed by atoms with Gasteiger partial charge in [-0.3, -0.25) is 4.79 Å². The van der Waals surface area contributed by atoms with Gasteiger partial charge < -0.3 is 14.2 Å². The van der Waals surface area contributed by atoms with E-state index in [0.717, 1.165) is 21.3 Å². The van der Waals surface area contributed by atoms with E-state index in [9.17, 15) is 4.79 Å². The van der Waals surface area contributed by atoms with Crippen molar-refractivity contribution in [2.24, 2.45) is 7.05 Å². The highest BCUT2D eigenvalue weighted by Gasteiger charge is 2.29. The molecule has 0 N–H and O–H groups in total. The molecule has 6 heteroatoms. The van der Waals surface area contributed by atoms with E-state index in [2.05, 4.69) is 4.98 Å². The molecule has 0 aromatic carbocycles. The lowest BCUT2D eigenvalue weighted by Crippen LogP contribution is -2.42. The van der Waals surface area contributed by atoms with Crippen LogP contribution in [-0.4, -0.2) is 40.1 Å². The van der Waals surface area contributed by atoms with Gasteiger partial charge in [-0.15, -0.1) is 11.3 Å². The Kier molecular flexibility index (Phi) is 3.82. The Labute approximate surface area is 128 Å². The molecule has 1 fully saturated rings. The molecule has 1 aliphatic rings. The van der Waals surface area contributed by atoms with Gasteiger partial charge in [0.1, 0.15) is 11.9 Å². The summed E-state index contributed by atoms with van der Waals surface area (Å²) in [7, 11) is 1.96. The van der Waals surface area contributed by atoms with Crippen LogP contribution < -0.4 is 0 Å². The molecule has 2 aromatic heterocycles. The number of rotatable bonds is 2. The van der Waals surface area contributed by atoms with Crippen molar-refractivity contribution in [3.05, 3.63) is 39.6 Å². The zero-order valence-corrected chi connectivity index (χ0v) is 13.3. The van der Waals surface area contributed by atoms with Gasteiger partial charge in [0.2, 0.25) is 0 Å². The molecule has 2 aromatic rings.